The van der Waals surface area contributed by atoms with Gasteiger partial charge in [-0.05, 0) is 18.2 Å². The third-order valence-corrected chi connectivity index (χ3v) is 2.36. The van der Waals surface area contributed by atoms with Gasteiger partial charge in [-0.15, -0.1) is 0 Å². The standard InChI is InChI=1S/C10H9ClO3S/c1-14-10-6-2-4-9(8-10)5-3-7-15(11,12)13/h2,4,6,8H,7H2,1H3. The van der Waals surface area contributed by atoms with E-state index in [1.165, 1.54) is 0 Å². The van der Waals surface area contributed by atoms with Crippen LogP contribution in [0.4, 0.5) is 0 Å². The summed E-state index contributed by atoms with van der Waals surface area (Å²) in [5.41, 5.74) is 0.690. The van der Waals surface area contributed by atoms with Crippen molar-refractivity contribution in [1.82, 2.24) is 0 Å². The van der Waals surface area contributed by atoms with Gasteiger partial charge < -0.3 is 4.74 Å². The van der Waals surface area contributed by atoms with Gasteiger partial charge in [0.15, 0.2) is 0 Å². The summed E-state index contributed by atoms with van der Waals surface area (Å²) in [5, 5.41) is 0. The van der Waals surface area contributed by atoms with Crippen molar-refractivity contribution in [3.8, 4) is 17.6 Å². The summed E-state index contributed by atoms with van der Waals surface area (Å²) in [6, 6.07) is 7.03. The Labute approximate surface area is 93.4 Å². The van der Waals surface area contributed by atoms with E-state index in [0.29, 0.717) is 11.3 Å². The fourth-order valence-electron chi connectivity index (χ4n) is 0.925. The first kappa shape index (κ1) is 11.9. The van der Waals surface area contributed by atoms with E-state index in [4.69, 9.17) is 15.4 Å². The highest BCUT2D eigenvalue weighted by Crippen LogP contribution is 2.11. The van der Waals surface area contributed by atoms with Crippen LogP contribution in [0.1, 0.15) is 5.56 Å². The van der Waals surface area contributed by atoms with Crippen molar-refractivity contribution < 1.29 is 13.2 Å². The smallest absolute Gasteiger partial charge is 0.243 e. The molecule has 0 spiro atoms. The monoisotopic (exact) mass is 244 g/mol. The molecule has 0 aliphatic rings. The molecule has 0 saturated heterocycles. The lowest BCUT2D eigenvalue weighted by Crippen LogP contribution is -1.92. The molecule has 0 saturated carbocycles. The van der Waals surface area contributed by atoms with Gasteiger partial charge in [0.1, 0.15) is 11.5 Å². The van der Waals surface area contributed by atoms with E-state index in [-0.39, 0.29) is 5.75 Å². The van der Waals surface area contributed by atoms with Crippen molar-refractivity contribution in [2.24, 2.45) is 0 Å². The first-order valence-corrected chi connectivity index (χ1v) is 6.54. The molecular weight excluding hydrogens is 236 g/mol. The topological polar surface area (TPSA) is 43.4 Å². The van der Waals surface area contributed by atoms with Crippen molar-refractivity contribution in [2.75, 3.05) is 12.9 Å². The van der Waals surface area contributed by atoms with Gasteiger partial charge >= 0.3 is 0 Å². The lowest BCUT2D eigenvalue weighted by atomic mass is 10.2. The predicted octanol–water partition coefficient (Wildman–Crippen LogP) is 1.62. The van der Waals surface area contributed by atoms with Gasteiger partial charge in [-0.2, -0.15) is 0 Å². The van der Waals surface area contributed by atoms with Gasteiger partial charge in [0.25, 0.3) is 0 Å². The number of hydrogen-bond acceptors (Lipinski definition) is 3. The van der Waals surface area contributed by atoms with Crippen LogP contribution in [-0.4, -0.2) is 21.3 Å². The molecule has 0 N–H and O–H groups in total. The average molecular weight is 245 g/mol. The third kappa shape index (κ3) is 4.73. The molecule has 0 heterocycles. The highest BCUT2D eigenvalue weighted by atomic mass is 35.7. The van der Waals surface area contributed by atoms with Gasteiger partial charge in [-0.3, -0.25) is 0 Å². The summed E-state index contributed by atoms with van der Waals surface area (Å²) in [7, 11) is 3.01. The number of ether oxygens (including phenoxy) is 1. The Hall–Kier alpha value is -1.18. The van der Waals surface area contributed by atoms with Gasteiger partial charge in [-0.25, -0.2) is 8.42 Å². The second-order valence-electron chi connectivity index (χ2n) is 2.72. The highest BCUT2D eigenvalue weighted by molar-refractivity contribution is 8.13. The van der Waals surface area contributed by atoms with Crippen LogP contribution in [0.2, 0.25) is 0 Å². The SMILES string of the molecule is COc1cccc(C#CCS(=O)(=O)Cl)c1. The van der Waals surface area contributed by atoms with E-state index < -0.39 is 9.05 Å². The van der Waals surface area contributed by atoms with E-state index in [1.807, 2.05) is 0 Å². The summed E-state index contributed by atoms with van der Waals surface area (Å²) in [4.78, 5) is 0. The molecule has 80 valence electrons. The molecule has 1 rings (SSSR count). The molecule has 0 aliphatic heterocycles. The maximum atomic E-state index is 10.6. The fourth-order valence-corrected chi connectivity index (χ4v) is 1.33. The van der Waals surface area contributed by atoms with E-state index in [1.54, 1.807) is 31.4 Å². The second kappa shape index (κ2) is 5.06. The van der Waals surface area contributed by atoms with Gasteiger partial charge in [0.05, 0.1) is 7.11 Å². The largest absolute Gasteiger partial charge is 0.497 e. The van der Waals surface area contributed by atoms with E-state index >= 15 is 0 Å². The Bertz CT molecular complexity index is 497. The van der Waals surface area contributed by atoms with Crippen LogP contribution in [0.15, 0.2) is 24.3 Å². The van der Waals surface area contributed by atoms with Crippen LogP contribution < -0.4 is 4.74 Å². The molecule has 1 aromatic carbocycles. The number of halogens is 1. The molecule has 0 radical (unpaired) electrons. The highest BCUT2D eigenvalue weighted by Gasteiger charge is 1.99. The van der Waals surface area contributed by atoms with E-state index in [0.717, 1.165) is 0 Å². The minimum Gasteiger partial charge on any atom is -0.497 e. The van der Waals surface area contributed by atoms with Gasteiger partial charge in [0, 0.05) is 16.2 Å². The van der Waals surface area contributed by atoms with Crippen LogP contribution in [0.3, 0.4) is 0 Å². The Balaban J connectivity index is 2.80. The van der Waals surface area contributed by atoms with E-state index in [2.05, 4.69) is 11.8 Å². The Morgan fingerprint density at radius 2 is 2.20 bits per heavy atom. The van der Waals surface area contributed by atoms with Crippen LogP contribution >= 0.6 is 10.7 Å². The molecule has 0 bridgehead atoms. The first-order chi connectivity index (χ1) is 7.01. The van der Waals surface area contributed by atoms with Crippen molar-refractivity contribution >= 4 is 19.7 Å². The molecular formula is C10H9ClO3S. The third-order valence-electron chi connectivity index (χ3n) is 1.55. The zero-order valence-corrected chi connectivity index (χ0v) is 9.60. The van der Waals surface area contributed by atoms with Crippen molar-refractivity contribution in [3.05, 3.63) is 29.8 Å². The molecule has 0 amide bonds. The number of methoxy groups -OCH3 is 1. The van der Waals surface area contributed by atoms with Crippen molar-refractivity contribution in [3.63, 3.8) is 0 Å². The molecule has 3 nitrogen and oxygen atoms in total. The fraction of sp³-hybridized carbons (Fsp3) is 0.200. The minimum atomic E-state index is -3.54. The quantitative estimate of drug-likeness (QED) is 0.587. The molecule has 0 atom stereocenters. The molecule has 0 unspecified atom stereocenters. The summed E-state index contributed by atoms with van der Waals surface area (Å²) < 4.78 is 26.2. The Morgan fingerprint density at radius 3 is 2.80 bits per heavy atom. The van der Waals surface area contributed by atoms with Crippen LogP contribution in [0.5, 0.6) is 5.75 Å². The van der Waals surface area contributed by atoms with Gasteiger partial charge in [0.2, 0.25) is 9.05 Å². The lowest BCUT2D eigenvalue weighted by Gasteiger charge is -1.97. The second-order valence-corrected chi connectivity index (χ2v) is 5.49. The zero-order valence-electron chi connectivity index (χ0n) is 8.03. The number of benzene rings is 1. The normalized spacial score (nSPS) is 10.3. The lowest BCUT2D eigenvalue weighted by molar-refractivity contribution is 0.414. The van der Waals surface area contributed by atoms with Crippen molar-refractivity contribution in [1.29, 1.82) is 0 Å². The number of hydrogen-bond donors (Lipinski definition) is 0. The van der Waals surface area contributed by atoms with Crippen LogP contribution in [0.25, 0.3) is 0 Å². The molecule has 0 aromatic heterocycles. The van der Waals surface area contributed by atoms with E-state index in [9.17, 15) is 8.42 Å². The molecule has 0 aliphatic carbocycles. The first-order valence-electron chi connectivity index (χ1n) is 4.06. The maximum absolute atomic E-state index is 10.6. The van der Waals surface area contributed by atoms with Crippen LogP contribution in [0, 0.1) is 11.8 Å². The maximum Gasteiger partial charge on any atom is 0.243 e. The summed E-state index contributed by atoms with van der Waals surface area (Å²) in [6.07, 6.45) is 0. The summed E-state index contributed by atoms with van der Waals surface area (Å²) in [5.74, 6) is 5.47. The molecule has 1 aromatic rings. The van der Waals surface area contributed by atoms with Crippen LogP contribution in [-0.2, 0) is 9.05 Å². The molecule has 15 heavy (non-hydrogen) atoms. The van der Waals surface area contributed by atoms with Crippen molar-refractivity contribution in [2.45, 2.75) is 0 Å². The number of rotatable bonds is 2. The average Bonchev–Trinajstić information content (AvgIpc) is 2.16. The Morgan fingerprint density at radius 1 is 1.47 bits per heavy atom. The Kier molecular flexibility index (Phi) is 4.01. The molecule has 0 fully saturated rings. The van der Waals surface area contributed by atoms with Gasteiger partial charge in [-0.1, -0.05) is 17.9 Å². The predicted molar refractivity (Wildman–Crippen MR) is 59.5 cm³/mol. The summed E-state index contributed by atoms with van der Waals surface area (Å²) in [6.45, 7) is 0. The zero-order chi connectivity index (χ0) is 11.3. The summed E-state index contributed by atoms with van der Waals surface area (Å²) >= 11 is 0. The minimum absolute atomic E-state index is 0.355. The molecule has 5 heteroatoms.